The Bertz CT molecular complexity index is 662. The Kier molecular flexibility index (Phi) is 5.86. The summed E-state index contributed by atoms with van der Waals surface area (Å²) in [6.45, 7) is 3.89. The molecule has 1 amide bonds. The van der Waals surface area contributed by atoms with E-state index in [1.165, 1.54) is 25.8 Å². The van der Waals surface area contributed by atoms with Gasteiger partial charge in [0.05, 0.1) is 12.7 Å². The van der Waals surface area contributed by atoms with Gasteiger partial charge < -0.3 is 9.64 Å². The number of hydrogen-bond donors (Lipinski definition) is 0. The largest absolute Gasteiger partial charge is 0.465 e. The number of ether oxygens (including phenoxy) is 1. The second-order valence-corrected chi connectivity index (χ2v) is 7.58. The fraction of sp³-hybridized carbons (Fsp3) is 0.438. The summed E-state index contributed by atoms with van der Waals surface area (Å²) in [5.74, 6) is 0.349. The highest BCUT2D eigenvalue weighted by Crippen LogP contribution is 2.33. The molecule has 0 bridgehead atoms. The van der Waals surface area contributed by atoms with Crippen molar-refractivity contribution in [2.45, 2.75) is 20.3 Å². The first kappa shape index (κ1) is 18.0. The molecule has 2 rings (SSSR count). The number of benzene rings is 1. The molecule has 0 N–H and O–H groups in total. The second-order valence-electron chi connectivity index (χ2n) is 5.47. The lowest BCUT2D eigenvalue weighted by molar-refractivity contribution is -0.117. The Morgan fingerprint density at radius 2 is 2.13 bits per heavy atom. The van der Waals surface area contributed by atoms with Gasteiger partial charge in [-0.2, -0.15) is 0 Å². The van der Waals surface area contributed by atoms with Gasteiger partial charge in [-0.25, -0.2) is 4.79 Å². The number of thioether (sulfide) groups is 1. The van der Waals surface area contributed by atoms with Gasteiger partial charge in [0, 0.05) is 35.8 Å². The normalized spacial score (nSPS) is 17.5. The van der Waals surface area contributed by atoms with Crippen LogP contribution in [0.3, 0.4) is 0 Å². The summed E-state index contributed by atoms with van der Waals surface area (Å²) in [4.78, 5) is 37.0. The minimum absolute atomic E-state index is 0.0103. The maximum absolute atomic E-state index is 12.3. The maximum atomic E-state index is 12.3. The number of methoxy groups -OCH3 is 1. The summed E-state index contributed by atoms with van der Waals surface area (Å²) in [5, 5.41) is 0.0579. The molecular formula is C16H18BrNO4S. The van der Waals surface area contributed by atoms with Crippen LogP contribution in [0.1, 0.15) is 29.3 Å². The summed E-state index contributed by atoms with van der Waals surface area (Å²) in [7, 11) is 1.33. The zero-order chi connectivity index (χ0) is 17.1. The zero-order valence-corrected chi connectivity index (χ0v) is 15.6. The Labute approximate surface area is 147 Å². The number of carbonyl (C=O) groups is 3. The predicted molar refractivity (Wildman–Crippen MR) is 93.8 cm³/mol. The highest BCUT2D eigenvalue weighted by molar-refractivity contribution is 9.10. The molecule has 0 radical (unpaired) electrons. The van der Waals surface area contributed by atoms with Crippen LogP contribution in [-0.4, -0.2) is 36.4 Å². The topological polar surface area (TPSA) is 63.7 Å². The van der Waals surface area contributed by atoms with Gasteiger partial charge in [0.15, 0.2) is 5.12 Å². The monoisotopic (exact) mass is 399 g/mol. The number of amides is 1. The van der Waals surface area contributed by atoms with Crippen molar-refractivity contribution in [2.24, 2.45) is 5.92 Å². The lowest BCUT2D eigenvalue weighted by Crippen LogP contribution is -2.26. The minimum atomic E-state index is -0.430. The van der Waals surface area contributed by atoms with E-state index in [-0.39, 0.29) is 16.9 Å². The molecule has 1 aliphatic rings. The smallest absolute Gasteiger partial charge is 0.338 e. The number of rotatable bonds is 4. The van der Waals surface area contributed by atoms with Crippen LogP contribution in [0.4, 0.5) is 5.69 Å². The van der Waals surface area contributed by atoms with Crippen LogP contribution < -0.4 is 4.90 Å². The highest BCUT2D eigenvalue weighted by atomic mass is 79.9. The van der Waals surface area contributed by atoms with Gasteiger partial charge in [-0.05, 0) is 30.5 Å². The van der Waals surface area contributed by atoms with E-state index in [1.54, 1.807) is 17.9 Å². The Morgan fingerprint density at radius 1 is 1.43 bits per heavy atom. The number of nitrogens with zero attached hydrogens (tertiary/aromatic N) is 1. The van der Waals surface area contributed by atoms with E-state index in [4.69, 9.17) is 4.74 Å². The van der Waals surface area contributed by atoms with E-state index < -0.39 is 5.97 Å². The first-order chi connectivity index (χ1) is 10.8. The van der Waals surface area contributed by atoms with Gasteiger partial charge >= 0.3 is 5.97 Å². The molecule has 124 valence electrons. The Balaban J connectivity index is 2.28. The van der Waals surface area contributed by atoms with E-state index in [0.29, 0.717) is 40.0 Å². The summed E-state index contributed by atoms with van der Waals surface area (Å²) >= 11 is 4.63. The number of carbonyl (C=O) groups excluding carboxylic acids is 3. The molecule has 0 aromatic heterocycles. The van der Waals surface area contributed by atoms with Crippen molar-refractivity contribution in [1.82, 2.24) is 0 Å². The van der Waals surface area contributed by atoms with Crippen molar-refractivity contribution in [1.29, 1.82) is 0 Å². The molecule has 0 saturated carbocycles. The number of anilines is 1. The van der Waals surface area contributed by atoms with Crippen molar-refractivity contribution in [3.63, 3.8) is 0 Å². The molecule has 1 heterocycles. The molecule has 0 aliphatic carbocycles. The number of halogens is 1. The highest BCUT2D eigenvalue weighted by Gasteiger charge is 2.32. The van der Waals surface area contributed by atoms with Gasteiger partial charge in [0.2, 0.25) is 5.91 Å². The molecule has 1 unspecified atom stereocenters. The predicted octanol–water partition coefficient (Wildman–Crippen LogP) is 3.18. The molecule has 1 aromatic rings. The van der Waals surface area contributed by atoms with Crippen LogP contribution in [0, 0.1) is 12.8 Å². The van der Waals surface area contributed by atoms with Gasteiger partial charge in [-0.1, -0.05) is 27.7 Å². The van der Waals surface area contributed by atoms with Crippen LogP contribution >= 0.6 is 27.7 Å². The fourth-order valence-electron chi connectivity index (χ4n) is 2.63. The van der Waals surface area contributed by atoms with Gasteiger partial charge in [-0.3, -0.25) is 9.59 Å². The molecule has 1 aromatic carbocycles. The van der Waals surface area contributed by atoms with Crippen molar-refractivity contribution in [3.05, 3.63) is 27.7 Å². The molecule has 0 spiro atoms. The van der Waals surface area contributed by atoms with Crippen molar-refractivity contribution >= 4 is 50.4 Å². The van der Waals surface area contributed by atoms with E-state index in [1.807, 2.05) is 6.07 Å². The van der Waals surface area contributed by atoms with Gasteiger partial charge in [0.25, 0.3) is 0 Å². The maximum Gasteiger partial charge on any atom is 0.338 e. The first-order valence-electron chi connectivity index (χ1n) is 7.15. The van der Waals surface area contributed by atoms with Crippen LogP contribution in [0.15, 0.2) is 16.6 Å². The lowest BCUT2D eigenvalue weighted by atomic mass is 10.1. The third-order valence-corrected chi connectivity index (χ3v) is 5.27. The van der Waals surface area contributed by atoms with Crippen LogP contribution in [0.2, 0.25) is 0 Å². The summed E-state index contributed by atoms with van der Waals surface area (Å²) < 4.78 is 5.51. The lowest BCUT2D eigenvalue weighted by Gasteiger charge is -2.21. The van der Waals surface area contributed by atoms with Crippen LogP contribution in [0.25, 0.3) is 0 Å². The Hall–Kier alpha value is -1.34. The molecule has 5 nitrogen and oxygen atoms in total. The molecule has 1 fully saturated rings. The third-order valence-electron chi connectivity index (χ3n) is 3.77. The average molecular weight is 400 g/mol. The minimum Gasteiger partial charge on any atom is -0.465 e. The summed E-state index contributed by atoms with van der Waals surface area (Å²) in [6.07, 6.45) is 0.416. The summed E-state index contributed by atoms with van der Waals surface area (Å²) in [5.41, 5.74) is 1.86. The standard InChI is InChI=1S/C16H18BrNO4S/c1-9-13(16(21)22-3)5-12(17)6-14(9)18-7-11(4-15(18)20)8-23-10(2)19/h5-6,11H,4,7-8H2,1-3H3. The molecule has 23 heavy (non-hydrogen) atoms. The van der Waals surface area contributed by atoms with Gasteiger partial charge in [0.1, 0.15) is 0 Å². The SMILES string of the molecule is COC(=O)c1cc(Br)cc(N2CC(CSC(C)=O)CC2=O)c1C. The molecular weight excluding hydrogens is 382 g/mol. The van der Waals surface area contributed by atoms with E-state index in [0.717, 1.165) is 0 Å². The molecule has 7 heteroatoms. The van der Waals surface area contributed by atoms with E-state index in [9.17, 15) is 14.4 Å². The first-order valence-corrected chi connectivity index (χ1v) is 8.93. The van der Waals surface area contributed by atoms with Crippen molar-refractivity contribution < 1.29 is 19.1 Å². The average Bonchev–Trinajstić information content (AvgIpc) is 2.87. The number of esters is 1. The van der Waals surface area contributed by atoms with Crippen LogP contribution in [0.5, 0.6) is 0 Å². The third kappa shape index (κ3) is 4.14. The van der Waals surface area contributed by atoms with E-state index >= 15 is 0 Å². The molecule has 1 saturated heterocycles. The Morgan fingerprint density at radius 3 is 2.74 bits per heavy atom. The van der Waals surface area contributed by atoms with Crippen molar-refractivity contribution in [2.75, 3.05) is 24.3 Å². The fourth-order valence-corrected chi connectivity index (χ4v) is 3.77. The second kappa shape index (κ2) is 7.49. The molecule has 1 aliphatic heterocycles. The molecule has 1 atom stereocenters. The summed E-state index contributed by atoms with van der Waals surface area (Å²) in [6, 6.07) is 3.52. The number of hydrogen-bond acceptors (Lipinski definition) is 5. The van der Waals surface area contributed by atoms with Crippen molar-refractivity contribution in [3.8, 4) is 0 Å². The quantitative estimate of drug-likeness (QED) is 0.727. The zero-order valence-electron chi connectivity index (χ0n) is 13.2. The van der Waals surface area contributed by atoms with Crippen LogP contribution in [-0.2, 0) is 14.3 Å². The van der Waals surface area contributed by atoms with E-state index in [2.05, 4.69) is 15.9 Å². The van der Waals surface area contributed by atoms with Gasteiger partial charge in [-0.15, -0.1) is 0 Å².